The van der Waals surface area contributed by atoms with Crippen LogP contribution in [0.2, 0.25) is 0 Å². The van der Waals surface area contributed by atoms with Crippen LogP contribution in [0, 0.1) is 0 Å². The highest BCUT2D eigenvalue weighted by atomic mass is 16.3. The zero-order valence-electron chi connectivity index (χ0n) is 11.4. The molecule has 0 spiro atoms. The van der Waals surface area contributed by atoms with Gasteiger partial charge in [-0.25, -0.2) is 0 Å². The van der Waals surface area contributed by atoms with Crippen LogP contribution in [0.3, 0.4) is 0 Å². The molecule has 0 fully saturated rings. The number of nitrogens with two attached hydrogens (primary N) is 1. The molecule has 5 nitrogen and oxygen atoms in total. The number of hydrogen-bond donors (Lipinski definition) is 2. The summed E-state index contributed by atoms with van der Waals surface area (Å²) in [5.41, 5.74) is 5.97. The number of aliphatic hydroxyl groups excluding tert-OH is 1. The number of aromatic nitrogens is 1. The Morgan fingerprint density at radius 1 is 1.44 bits per heavy atom. The second-order valence-electron chi connectivity index (χ2n) is 5.24. The van der Waals surface area contributed by atoms with Crippen LogP contribution in [0.25, 0.3) is 0 Å². The van der Waals surface area contributed by atoms with Gasteiger partial charge in [-0.2, -0.15) is 0 Å². The first-order valence-corrected chi connectivity index (χ1v) is 6.15. The maximum absolute atomic E-state index is 11.6. The normalized spacial score (nSPS) is 12.1. The van der Waals surface area contributed by atoms with Gasteiger partial charge in [0.05, 0.1) is 6.61 Å². The molecule has 0 aliphatic heterocycles. The minimum atomic E-state index is -0.235. The molecular weight excluding hydrogens is 230 g/mol. The number of nitrogens with zero attached hydrogens (tertiary/aromatic N) is 2. The van der Waals surface area contributed by atoms with E-state index in [0.29, 0.717) is 12.2 Å². The minimum Gasteiger partial charge on any atom is -0.398 e. The van der Waals surface area contributed by atoms with Gasteiger partial charge in [-0.3, -0.25) is 9.69 Å². The molecule has 102 valence electrons. The second-order valence-corrected chi connectivity index (χ2v) is 5.24. The average Bonchev–Trinajstić information content (AvgIpc) is 2.33. The number of aliphatic hydroxyl groups is 1. The Morgan fingerprint density at radius 3 is 2.72 bits per heavy atom. The van der Waals surface area contributed by atoms with Gasteiger partial charge in [0.25, 0.3) is 5.56 Å². The van der Waals surface area contributed by atoms with Crippen LogP contribution in [-0.4, -0.2) is 40.3 Å². The third-order valence-electron chi connectivity index (χ3n) is 3.32. The number of likely N-dealkylation sites (N-methyl/N-ethyl adjacent to an activating group) is 1. The maximum Gasteiger partial charge on any atom is 0.250 e. The Kier molecular flexibility index (Phi) is 4.93. The van der Waals surface area contributed by atoms with Gasteiger partial charge >= 0.3 is 0 Å². The molecule has 0 radical (unpaired) electrons. The van der Waals surface area contributed by atoms with Crippen LogP contribution in [-0.2, 0) is 6.54 Å². The number of aryl methyl sites for hydroxylation is 1. The summed E-state index contributed by atoms with van der Waals surface area (Å²) in [4.78, 5) is 13.6. The predicted molar refractivity (Wildman–Crippen MR) is 73.5 cm³/mol. The minimum absolute atomic E-state index is 0.0340. The van der Waals surface area contributed by atoms with Gasteiger partial charge in [0.1, 0.15) is 0 Å². The fourth-order valence-electron chi connectivity index (χ4n) is 1.63. The van der Waals surface area contributed by atoms with Crippen LogP contribution in [0.5, 0.6) is 0 Å². The highest BCUT2D eigenvalue weighted by molar-refractivity contribution is 5.33. The van der Waals surface area contributed by atoms with Crippen LogP contribution in [0.15, 0.2) is 23.1 Å². The molecule has 0 saturated heterocycles. The third kappa shape index (κ3) is 3.85. The van der Waals surface area contributed by atoms with Gasteiger partial charge in [0, 0.05) is 36.6 Å². The lowest BCUT2D eigenvalue weighted by Gasteiger charge is -2.33. The fourth-order valence-corrected chi connectivity index (χ4v) is 1.63. The van der Waals surface area contributed by atoms with Crippen molar-refractivity contribution in [3.63, 3.8) is 0 Å². The van der Waals surface area contributed by atoms with Crippen LogP contribution >= 0.6 is 0 Å². The summed E-state index contributed by atoms with van der Waals surface area (Å²) >= 11 is 0. The first-order valence-electron chi connectivity index (χ1n) is 6.15. The van der Waals surface area contributed by atoms with Crippen molar-refractivity contribution in [2.24, 2.45) is 0 Å². The zero-order valence-corrected chi connectivity index (χ0v) is 11.4. The molecule has 1 aromatic heterocycles. The molecule has 1 rings (SSSR count). The van der Waals surface area contributed by atoms with E-state index in [1.807, 2.05) is 20.9 Å². The van der Waals surface area contributed by atoms with Gasteiger partial charge in [-0.05, 0) is 33.4 Å². The van der Waals surface area contributed by atoms with Crippen molar-refractivity contribution in [3.8, 4) is 0 Å². The van der Waals surface area contributed by atoms with Gasteiger partial charge in [-0.1, -0.05) is 0 Å². The van der Waals surface area contributed by atoms with Crippen LogP contribution in [0.1, 0.15) is 20.3 Å². The SMILES string of the molecule is CN(CCCn1cc(N)ccc1=O)C(C)(C)CO. The number of anilines is 1. The van der Waals surface area contributed by atoms with E-state index in [1.54, 1.807) is 16.8 Å². The maximum atomic E-state index is 11.6. The molecular formula is C13H23N3O2. The lowest BCUT2D eigenvalue weighted by Crippen LogP contribution is -2.44. The van der Waals surface area contributed by atoms with E-state index in [1.165, 1.54) is 6.07 Å². The third-order valence-corrected chi connectivity index (χ3v) is 3.32. The topological polar surface area (TPSA) is 71.5 Å². The largest absolute Gasteiger partial charge is 0.398 e. The predicted octanol–water partition coefficient (Wildman–Crippen LogP) is 0.523. The van der Waals surface area contributed by atoms with E-state index in [0.717, 1.165) is 13.0 Å². The molecule has 1 aromatic rings. The number of hydrogen-bond acceptors (Lipinski definition) is 4. The van der Waals surface area contributed by atoms with Crippen molar-refractivity contribution in [2.45, 2.75) is 32.4 Å². The summed E-state index contributed by atoms with van der Waals surface area (Å²) in [7, 11) is 1.97. The monoisotopic (exact) mass is 253 g/mol. The highest BCUT2D eigenvalue weighted by Crippen LogP contribution is 2.11. The first kappa shape index (κ1) is 14.7. The summed E-state index contributed by atoms with van der Waals surface area (Å²) in [6.07, 6.45) is 2.50. The molecule has 0 aliphatic rings. The fraction of sp³-hybridized carbons (Fsp3) is 0.615. The summed E-state index contributed by atoms with van der Waals surface area (Å²) in [6, 6.07) is 3.09. The summed E-state index contributed by atoms with van der Waals surface area (Å²) in [5.74, 6) is 0. The molecule has 0 saturated carbocycles. The van der Waals surface area contributed by atoms with Crippen molar-refractivity contribution in [1.82, 2.24) is 9.47 Å². The van der Waals surface area contributed by atoms with E-state index < -0.39 is 0 Å². The molecule has 18 heavy (non-hydrogen) atoms. The summed E-state index contributed by atoms with van der Waals surface area (Å²) < 4.78 is 1.62. The van der Waals surface area contributed by atoms with Gasteiger partial charge in [-0.15, -0.1) is 0 Å². The van der Waals surface area contributed by atoms with Gasteiger partial charge in [0.15, 0.2) is 0 Å². The van der Waals surface area contributed by atoms with E-state index in [4.69, 9.17) is 5.73 Å². The summed E-state index contributed by atoms with van der Waals surface area (Å²) in [5, 5.41) is 9.25. The lowest BCUT2D eigenvalue weighted by molar-refractivity contribution is 0.0772. The quantitative estimate of drug-likeness (QED) is 0.775. The Balaban J connectivity index is 2.52. The van der Waals surface area contributed by atoms with Crippen molar-refractivity contribution in [3.05, 3.63) is 28.7 Å². The Morgan fingerprint density at radius 2 is 2.11 bits per heavy atom. The molecule has 0 atom stereocenters. The smallest absolute Gasteiger partial charge is 0.250 e. The van der Waals surface area contributed by atoms with E-state index in [2.05, 4.69) is 4.90 Å². The molecule has 3 N–H and O–H groups in total. The highest BCUT2D eigenvalue weighted by Gasteiger charge is 2.21. The molecule has 0 aromatic carbocycles. The number of rotatable bonds is 6. The zero-order chi connectivity index (χ0) is 13.8. The van der Waals surface area contributed by atoms with E-state index in [-0.39, 0.29) is 17.7 Å². The summed E-state index contributed by atoms with van der Waals surface area (Å²) in [6.45, 7) is 5.53. The Labute approximate surface area is 108 Å². The van der Waals surface area contributed by atoms with Crippen LogP contribution in [0.4, 0.5) is 5.69 Å². The molecule has 0 amide bonds. The number of pyridine rings is 1. The molecule has 5 heteroatoms. The van der Waals surface area contributed by atoms with Crippen molar-refractivity contribution in [1.29, 1.82) is 0 Å². The lowest BCUT2D eigenvalue weighted by atomic mass is 10.1. The van der Waals surface area contributed by atoms with Crippen molar-refractivity contribution >= 4 is 5.69 Å². The standard InChI is InChI=1S/C13H23N3O2/c1-13(2,10-17)15(3)7-4-8-16-9-11(14)5-6-12(16)18/h5-6,9,17H,4,7-8,10,14H2,1-3H3. The van der Waals surface area contributed by atoms with Crippen molar-refractivity contribution in [2.75, 3.05) is 25.9 Å². The van der Waals surface area contributed by atoms with Crippen LogP contribution < -0.4 is 11.3 Å². The number of nitrogen functional groups attached to an aromatic ring is 1. The average molecular weight is 253 g/mol. The van der Waals surface area contributed by atoms with E-state index >= 15 is 0 Å². The Hall–Kier alpha value is -1.33. The Bertz CT molecular complexity index is 440. The van der Waals surface area contributed by atoms with E-state index in [9.17, 15) is 9.90 Å². The van der Waals surface area contributed by atoms with Gasteiger partial charge in [0.2, 0.25) is 0 Å². The van der Waals surface area contributed by atoms with Crippen molar-refractivity contribution < 1.29 is 5.11 Å². The van der Waals surface area contributed by atoms with Gasteiger partial charge < -0.3 is 15.4 Å². The second kappa shape index (κ2) is 6.02. The molecule has 0 unspecified atom stereocenters. The first-order chi connectivity index (χ1) is 8.36. The molecule has 1 heterocycles. The molecule has 0 aliphatic carbocycles. The molecule has 0 bridgehead atoms.